The van der Waals surface area contributed by atoms with E-state index >= 15 is 0 Å². The van der Waals surface area contributed by atoms with Gasteiger partial charge in [0.15, 0.2) is 6.61 Å². The van der Waals surface area contributed by atoms with Crippen LogP contribution < -0.4 is 5.32 Å². The minimum absolute atomic E-state index is 0.209. The summed E-state index contributed by atoms with van der Waals surface area (Å²) in [6.45, 7) is 0.905. The number of rotatable bonds is 4. The van der Waals surface area contributed by atoms with E-state index in [0.717, 1.165) is 12.1 Å². The Bertz CT molecular complexity index is 609. The molecule has 0 aromatic heterocycles. The summed E-state index contributed by atoms with van der Waals surface area (Å²) in [5.41, 5.74) is -1.25. The van der Waals surface area contributed by atoms with Crippen LogP contribution in [0.4, 0.5) is 14.5 Å². The molecule has 1 saturated carbocycles. The first-order chi connectivity index (χ1) is 9.65. The average molecular weight is 338 g/mol. The van der Waals surface area contributed by atoms with Crippen molar-refractivity contribution < 1.29 is 23.1 Å². The Morgan fingerprint density at radius 3 is 2.52 bits per heavy atom. The lowest BCUT2D eigenvalue weighted by atomic mass is 10.1. The number of hydrogen-bond acceptors (Lipinski definition) is 3. The molecule has 1 aromatic rings. The smallest absolute Gasteiger partial charge is 0.315 e. The first-order valence-corrected chi connectivity index (χ1v) is 6.71. The van der Waals surface area contributed by atoms with Gasteiger partial charge in [0.2, 0.25) is 0 Å². The zero-order chi connectivity index (χ0) is 15.8. The van der Waals surface area contributed by atoms with Crippen molar-refractivity contribution in [3.63, 3.8) is 0 Å². The number of ether oxygens (including phenoxy) is 1. The summed E-state index contributed by atoms with van der Waals surface area (Å²) in [5, 5.41) is 2.16. The van der Waals surface area contributed by atoms with Crippen LogP contribution in [0.5, 0.6) is 0 Å². The van der Waals surface area contributed by atoms with E-state index in [9.17, 15) is 18.4 Å². The number of carbonyl (C=O) groups excluding carboxylic acids is 2. The Kier molecular flexibility index (Phi) is 4.13. The molecule has 1 amide bonds. The third-order valence-electron chi connectivity index (χ3n) is 3.25. The predicted octanol–water partition coefficient (Wildman–Crippen LogP) is 3.03. The van der Waals surface area contributed by atoms with Crippen molar-refractivity contribution in [1.29, 1.82) is 0 Å². The zero-order valence-corrected chi connectivity index (χ0v) is 12.4. The van der Waals surface area contributed by atoms with Gasteiger partial charge in [-0.1, -0.05) is 0 Å². The molecule has 0 spiro atoms. The highest BCUT2D eigenvalue weighted by Gasteiger charge is 2.69. The number of esters is 1. The number of nitrogens with one attached hydrogen (secondary N) is 1. The van der Waals surface area contributed by atoms with Gasteiger partial charge in [-0.25, -0.2) is 8.78 Å². The van der Waals surface area contributed by atoms with Crippen LogP contribution in [-0.2, 0) is 14.3 Å². The lowest BCUT2D eigenvalue weighted by Crippen LogP contribution is -2.27. The molecule has 0 saturated heterocycles. The van der Waals surface area contributed by atoms with E-state index in [2.05, 4.69) is 5.32 Å². The molecule has 1 aliphatic carbocycles. The second kappa shape index (κ2) is 5.42. The second-order valence-corrected chi connectivity index (χ2v) is 6.45. The molecule has 0 bridgehead atoms. The van der Waals surface area contributed by atoms with Gasteiger partial charge < -0.3 is 10.1 Å². The number of carbonyl (C=O) groups is 2. The first-order valence-electron chi connectivity index (χ1n) is 5.96. The Hall–Kier alpha value is -1.40. The van der Waals surface area contributed by atoms with Crippen LogP contribution in [0.3, 0.4) is 0 Å². The lowest BCUT2D eigenvalue weighted by molar-refractivity contribution is -0.152. The molecule has 8 heteroatoms. The molecule has 1 N–H and O–H groups in total. The summed E-state index contributed by atoms with van der Waals surface area (Å²) in [5.74, 6) is -3.15. The molecule has 2 rings (SSSR count). The van der Waals surface area contributed by atoms with E-state index in [1.54, 1.807) is 0 Å². The lowest BCUT2D eigenvalue weighted by Gasteiger charge is -2.12. The third-order valence-corrected chi connectivity index (χ3v) is 4.35. The molecule has 1 fully saturated rings. The maximum Gasteiger partial charge on any atom is 0.315 e. The maximum atomic E-state index is 13.3. The molecule has 4 nitrogen and oxygen atoms in total. The molecule has 21 heavy (non-hydrogen) atoms. The molecule has 0 unspecified atom stereocenters. The van der Waals surface area contributed by atoms with Crippen LogP contribution in [-0.4, -0.2) is 22.8 Å². The molecule has 1 aliphatic rings. The van der Waals surface area contributed by atoms with Gasteiger partial charge in [-0.15, -0.1) is 23.2 Å². The molecular weight excluding hydrogens is 327 g/mol. The highest BCUT2D eigenvalue weighted by atomic mass is 35.5. The van der Waals surface area contributed by atoms with Crippen LogP contribution in [0, 0.1) is 17.0 Å². The Balaban J connectivity index is 1.87. The zero-order valence-electron chi connectivity index (χ0n) is 10.9. The average Bonchev–Trinajstić information content (AvgIpc) is 2.90. The van der Waals surface area contributed by atoms with Gasteiger partial charge in [0.1, 0.15) is 21.4 Å². The minimum Gasteiger partial charge on any atom is -0.455 e. The fraction of sp³-hybridized carbons (Fsp3) is 0.385. The minimum atomic E-state index is -1.19. The van der Waals surface area contributed by atoms with Gasteiger partial charge in [0.05, 0.1) is 5.69 Å². The highest BCUT2D eigenvalue weighted by molar-refractivity contribution is 6.53. The van der Waals surface area contributed by atoms with Crippen molar-refractivity contribution >= 4 is 40.8 Å². The molecule has 114 valence electrons. The topological polar surface area (TPSA) is 55.4 Å². The molecule has 0 heterocycles. The molecule has 1 aromatic carbocycles. The summed E-state index contributed by atoms with van der Waals surface area (Å²) >= 11 is 11.6. The highest BCUT2D eigenvalue weighted by Crippen LogP contribution is 2.64. The second-order valence-electron chi connectivity index (χ2n) is 4.96. The van der Waals surface area contributed by atoms with E-state index in [4.69, 9.17) is 27.9 Å². The summed E-state index contributed by atoms with van der Waals surface area (Å²) < 4.78 is 29.6. The summed E-state index contributed by atoms with van der Waals surface area (Å²) in [4.78, 5) is 23.3. The van der Waals surface area contributed by atoms with Crippen molar-refractivity contribution in [3.05, 3.63) is 29.8 Å². The number of benzene rings is 1. The molecule has 0 aliphatic heterocycles. The molecule has 0 radical (unpaired) electrons. The summed E-state index contributed by atoms with van der Waals surface area (Å²) in [7, 11) is 0. The fourth-order valence-electron chi connectivity index (χ4n) is 1.69. The number of halogens is 4. The van der Waals surface area contributed by atoms with Crippen molar-refractivity contribution in [1.82, 2.24) is 0 Å². The van der Waals surface area contributed by atoms with Crippen molar-refractivity contribution in [3.8, 4) is 0 Å². The largest absolute Gasteiger partial charge is 0.455 e. The van der Waals surface area contributed by atoms with Crippen molar-refractivity contribution in [2.45, 2.75) is 17.7 Å². The van der Waals surface area contributed by atoms with Crippen LogP contribution in [0.25, 0.3) is 0 Å². The third kappa shape index (κ3) is 3.27. The number of anilines is 1. The number of amides is 1. The molecular formula is C13H11Cl2F2NO3. The fourth-order valence-corrected chi connectivity index (χ4v) is 2.38. The molecule has 1 atom stereocenters. The van der Waals surface area contributed by atoms with Gasteiger partial charge >= 0.3 is 5.97 Å². The van der Waals surface area contributed by atoms with Crippen LogP contribution in [0.15, 0.2) is 18.2 Å². The quantitative estimate of drug-likeness (QED) is 0.678. The van der Waals surface area contributed by atoms with Gasteiger partial charge in [0, 0.05) is 12.5 Å². The summed E-state index contributed by atoms with van der Waals surface area (Å²) in [6, 6.07) is 2.68. The Labute approximate surface area is 129 Å². The van der Waals surface area contributed by atoms with Crippen molar-refractivity contribution in [2.24, 2.45) is 5.41 Å². The van der Waals surface area contributed by atoms with Crippen molar-refractivity contribution in [2.75, 3.05) is 11.9 Å². The predicted molar refractivity (Wildman–Crippen MR) is 73.1 cm³/mol. The SMILES string of the molecule is C[C@@]1(C(=O)OCC(=O)Nc2ccc(F)cc2F)CC1(Cl)Cl. The maximum absolute atomic E-state index is 13.3. The Morgan fingerprint density at radius 2 is 2.00 bits per heavy atom. The summed E-state index contributed by atoms with van der Waals surface area (Å²) in [6.07, 6.45) is 0.232. The standard InChI is InChI=1S/C13H11Cl2F2NO3/c1-12(6-13(12,14)15)11(20)21-5-10(19)18-9-3-2-7(16)4-8(9)17/h2-4H,5-6H2,1H3,(H,18,19)/t12-/m0/s1. The van der Waals surface area contributed by atoms with E-state index in [1.165, 1.54) is 6.92 Å². The van der Waals surface area contributed by atoms with Gasteiger partial charge in [-0.2, -0.15) is 0 Å². The van der Waals surface area contributed by atoms with Gasteiger partial charge in [0.25, 0.3) is 5.91 Å². The van der Waals surface area contributed by atoms with E-state index < -0.39 is 39.9 Å². The van der Waals surface area contributed by atoms with Crippen LogP contribution in [0.1, 0.15) is 13.3 Å². The van der Waals surface area contributed by atoms with E-state index in [1.807, 2.05) is 0 Å². The van der Waals surface area contributed by atoms with E-state index in [0.29, 0.717) is 6.07 Å². The monoisotopic (exact) mass is 337 g/mol. The normalized spacial score (nSPS) is 22.5. The van der Waals surface area contributed by atoms with E-state index in [-0.39, 0.29) is 12.1 Å². The first kappa shape index (κ1) is 16.0. The number of alkyl halides is 2. The van der Waals surface area contributed by atoms with Crippen LogP contribution >= 0.6 is 23.2 Å². The van der Waals surface area contributed by atoms with Crippen LogP contribution in [0.2, 0.25) is 0 Å². The number of hydrogen-bond donors (Lipinski definition) is 1. The Morgan fingerprint density at radius 1 is 1.38 bits per heavy atom. The van der Waals surface area contributed by atoms with Gasteiger partial charge in [-0.3, -0.25) is 9.59 Å². The van der Waals surface area contributed by atoms with Gasteiger partial charge in [-0.05, 0) is 19.1 Å².